The summed E-state index contributed by atoms with van der Waals surface area (Å²) in [5.74, 6) is 0.177. The predicted octanol–water partition coefficient (Wildman–Crippen LogP) is 3.50. The molecule has 2 aliphatic rings. The summed E-state index contributed by atoms with van der Waals surface area (Å²) in [6.07, 6.45) is 2.76. The van der Waals surface area contributed by atoms with Gasteiger partial charge in [0, 0.05) is 22.5 Å². The molecule has 21 heavy (non-hydrogen) atoms. The van der Waals surface area contributed by atoms with Crippen molar-refractivity contribution in [2.24, 2.45) is 11.3 Å². The van der Waals surface area contributed by atoms with Gasteiger partial charge >= 0.3 is 6.09 Å². The highest BCUT2D eigenvalue weighted by atomic mass is 35.7. The molecule has 0 bridgehead atoms. The van der Waals surface area contributed by atoms with Gasteiger partial charge in [-0.3, -0.25) is 0 Å². The average molecular weight is 358 g/mol. The third kappa shape index (κ3) is 4.39. The topological polar surface area (TPSA) is 63.7 Å². The van der Waals surface area contributed by atoms with E-state index in [4.69, 9.17) is 27.2 Å². The van der Waals surface area contributed by atoms with Crippen LogP contribution in [-0.4, -0.2) is 36.3 Å². The van der Waals surface area contributed by atoms with E-state index < -0.39 is 20.7 Å². The molecule has 8 heteroatoms. The van der Waals surface area contributed by atoms with Crippen LogP contribution in [0.5, 0.6) is 0 Å². The Labute approximate surface area is 135 Å². The number of ether oxygens (including phenoxy) is 1. The molecule has 0 atom stereocenters. The van der Waals surface area contributed by atoms with E-state index in [1.165, 1.54) is 0 Å². The Morgan fingerprint density at radius 1 is 1.29 bits per heavy atom. The normalized spacial score (nSPS) is 32.2. The van der Waals surface area contributed by atoms with Gasteiger partial charge in [-0.05, 0) is 57.8 Å². The zero-order valence-corrected chi connectivity index (χ0v) is 14.8. The lowest BCUT2D eigenvalue weighted by atomic mass is 9.50. The Hall–Kier alpha value is -0.200. The van der Waals surface area contributed by atoms with Gasteiger partial charge in [-0.25, -0.2) is 17.6 Å². The first-order valence-corrected chi connectivity index (χ1v) is 9.81. The minimum absolute atomic E-state index is 0.0323. The van der Waals surface area contributed by atoms with Gasteiger partial charge in [-0.2, -0.15) is 0 Å². The molecule has 0 aromatic heterocycles. The van der Waals surface area contributed by atoms with Crippen molar-refractivity contribution >= 4 is 37.6 Å². The molecule has 0 heterocycles. The molecule has 0 saturated heterocycles. The van der Waals surface area contributed by atoms with Gasteiger partial charge in [0.05, 0.1) is 11.8 Å². The minimum Gasteiger partial charge on any atom is -0.443 e. The fourth-order valence-corrected chi connectivity index (χ4v) is 4.96. The second-order valence-corrected chi connectivity index (χ2v) is 10.5. The molecular formula is C13H21Cl2NO4S. The van der Waals surface area contributed by atoms with Crippen molar-refractivity contribution in [3.63, 3.8) is 0 Å². The maximum atomic E-state index is 11.8. The van der Waals surface area contributed by atoms with Crippen molar-refractivity contribution in [1.82, 2.24) is 4.42 Å². The summed E-state index contributed by atoms with van der Waals surface area (Å²) in [5, 5.41) is 0. The molecule has 122 valence electrons. The highest BCUT2D eigenvalue weighted by Crippen LogP contribution is 2.60. The molecule has 1 amide bonds. The van der Waals surface area contributed by atoms with Crippen LogP contribution >= 0.6 is 22.5 Å². The third-order valence-corrected chi connectivity index (χ3v) is 5.77. The van der Waals surface area contributed by atoms with E-state index in [0.29, 0.717) is 0 Å². The smallest absolute Gasteiger partial charge is 0.425 e. The molecule has 1 spiro atoms. The molecule has 2 aliphatic carbocycles. The summed E-state index contributed by atoms with van der Waals surface area (Å²) < 4.78 is 28.4. The molecule has 0 N–H and O–H groups in total. The van der Waals surface area contributed by atoms with E-state index in [0.717, 1.165) is 30.1 Å². The Morgan fingerprint density at radius 2 is 1.81 bits per heavy atom. The summed E-state index contributed by atoms with van der Waals surface area (Å²) >= 11 is 6.03. The molecule has 0 unspecified atom stereocenters. The van der Waals surface area contributed by atoms with Gasteiger partial charge in [0.25, 0.3) is 0 Å². The van der Waals surface area contributed by atoms with Crippen molar-refractivity contribution in [3.05, 3.63) is 0 Å². The van der Waals surface area contributed by atoms with Gasteiger partial charge in [-0.15, -0.1) is 0 Å². The molecule has 5 nitrogen and oxygen atoms in total. The summed E-state index contributed by atoms with van der Waals surface area (Å²) in [4.78, 5) is 11.8. The maximum absolute atomic E-state index is 11.8. The Bertz CT molecular complexity index is 515. The molecule has 0 aromatic carbocycles. The second-order valence-electron chi connectivity index (χ2n) is 7.33. The zero-order chi connectivity index (χ0) is 16.1. The lowest BCUT2D eigenvalue weighted by Crippen LogP contribution is -2.56. The lowest BCUT2D eigenvalue weighted by molar-refractivity contribution is -0.0647. The van der Waals surface area contributed by atoms with Gasteiger partial charge in [-0.1, -0.05) is 0 Å². The van der Waals surface area contributed by atoms with Crippen LogP contribution in [0.1, 0.15) is 46.5 Å². The number of carbonyl (C=O) groups is 1. The average Bonchev–Trinajstić information content (AvgIpc) is 2.14. The van der Waals surface area contributed by atoms with Gasteiger partial charge in [0.2, 0.25) is 9.05 Å². The highest BCUT2D eigenvalue weighted by molar-refractivity contribution is 8.13. The van der Waals surface area contributed by atoms with Gasteiger partial charge < -0.3 is 4.74 Å². The summed E-state index contributed by atoms with van der Waals surface area (Å²) in [7, 11) is 1.84. The number of hydrogen-bond donors (Lipinski definition) is 0. The van der Waals surface area contributed by atoms with Crippen LogP contribution in [0.4, 0.5) is 4.79 Å². The molecule has 0 aliphatic heterocycles. The number of carbonyl (C=O) groups excluding carboxylic acids is 1. The summed E-state index contributed by atoms with van der Waals surface area (Å²) in [6, 6.07) is -0.0323. The maximum Gasteiger partial charge on any atom is 0.425 e. The van der Waals surface area contributed by atoms with Crippen molar-refractivity contribution in [3.8, 4) is 0 Å². The van der Waals surface area contributed by atoms with Crippen LogP contribution in [-0.2, 0) is 13.8 Å². The van der Waals surface area contributed by atoms with Crippen LogP contribution < -0.4 is 0 Å². The lowest BCUT2D eigenvalue weighted by Gasteiger charge is -2.58. The molecule has 2 saturated carbocycles. The molecule has 2 fully saturated rings. The number of amides is 1. The van der Waals surface area contributed by atoms with Crippen molar-refractivity contribution in [2.75, 3.05) is 5.75 Å². The summed E-state index contributed by atoms with van der Waals surface area (Å²) in [5.41, 5.74) is -0.423. The second kappa shape index (κ2) is 5.46. The predicted molar refractivity (Wildman–Crippen MR) is 81.7 cm³/mol. The fraction of sp³-hybridized carbons (Fsp3) is 0.923. The van der Waals surface area contributed by atoms with Gasteiger partial charge in [0.15, 0.2) is 0 Å². The van der Waals surface area contributed by atoms with Crippen LogP contribution in [0.3, 0.4) is 0 Å². The van der Waals surface area contributed by atoms with E-state index in [1.54, 1.807) is 20.8 Å². The van der Waals surface area contributed by atoms with E-state index in [2.05, 4.69) is 0 Å². The monoisotopic (exact) mass is 357 g/mol. The molecular weight excluding hydrogens is 337 g/mol. The van der Waals surface area contributed by atoms with Crippen LogP contribution in [0, 0.1) is 11.3 Å². The Morgan fingerprint density at radius 3 is 2.24 bits per heavy atom. The summed E-state index contributed by atoms with van der Waals surface area (Å²) in [6.45, 7) is 5.38. The first-order chi connectivity index (χ1) is 9.39. The molecule has 0 radical (unpaired) electrons. The van der Waals surface area contributed by atoms with Crippen LogP contribution in [0.2, 0.25) is 0 Å². The van der Waals surface area contributed by atoms with Crippen molar-refractivity contribution < 1.29 is 17.9 Å². The Kier molecular flexibility index (Phi) is 4.46. The zero-order valence-electron chi connectivity index (χ0n) is 12.4. The molecule has 0 aromatic rings. The fourth-order valence-electron chi connectivity index (χ4n) is 3.45. The van der Waals surface area contributed by atoms with Crippen molar-refractivity contribution in [1.29, 1.82) is 0 Å². The van der Waals surface area contributed by atoms with Gasteiger partial charge in [0.1, 0.15) is 5.60 Å². The largest absolute Gasteiger partial charge is 0.443 e. The first-order valence-electron chi connectivity index (χ1n) is 6.99. The molecule has 2 rings (SSSR count). The SMILES string of the molecule is CC(C)(C)OC(=O)N(Cl)C1CC2(CC(CS(=O)(=O)Cl)C2)C1. The van der Waals surface area contributed by atoms with Crippen LogP contribution in [0.25, 0.3) is 0 Å². The minimum atomic E-state index is -3.42. The quantitative estimate of drug-likeness (QED) is 0.572. The van der Waals surface area contributed by atoms with E-state index >= 15 is 0 Å². The number of nitrogens with zero attached hydrogens (tertiary/aromatic N) is 1. The Balaban J connectivity index is 1.76. The van der Waals surface area contributed by atoms with E-state index in [1.807, 2.05) is 0 Å². The van der Waals surface area contributed by atoms with Crippen molar-refractivity contribution in [2.45, 2.75) is 58.1 Å². The standard InChI is InChI=1S/C13H21Cl2NO4S/c1-12(2,3)20-11(17)16(14)10-6-13(7-10)4-9(5-13)8-21(15,18)19/h9-10H,4-8H2,1-3H3. The van der Waals surface area contributed by atoms with E-state index in [-0.39, 0.29) is 23.1 Å². The number of rotatable bonds is 3. The third-order valence-electron chi connectivity index (χ3n) is 4.10. The van der Waals surface area contributed by atoms with Crippen LogP contribution in [0.15, 0.2) is 0 Å². The number of hydrogen-bond acceptors (Lipinski definition) is 4. The van der Waals surface area contributed by atoms with E-state index in [9.17, 15) is 13.2 Å². The number of halogens is 2. The highest BCUT2D eigenvalue weighted by Gasteiger charge is 2.55. The first kappa shape index (κ1) is 17.2.